The molecular formula is C12H24N4O. The lowest BCUT2D eigenvalue weighted by atomic mass is 10.4. The fourth-order valence-corrected chi connectivity index (χ4v) is 1.65. The van der Waals surface area contributed by atoms with E-state index in [0.717, 1.165) is 24.7 Å². The van der Waals surface area contributed by atoms with Gasteiger partial charge in [0.25, 0.3) is 0 Å². The Morgan fingerprint density at radius 3 is 2.82 bits per heavy atom. The second-order valence-electron chi connectivity index (χ2n) is 4.70. The molecule has 0 aliphatic carbocycles. The van der Waals surface area contributed by atoms with Gasteiger partial charge in [0.15, 0.2) is 0 Å². The van der Waals surface area contributed by atoms with Gasteiger partial charge in [-0.15, -0.1) is 0 Å². The summed E-state index contributed by atoms with van der Waals surface area (Å²) in [4.78, 5) is 6.65. The monoisotopic (exact) mass is 240 g/mol. The molecule has 0 amide bonds. The molecular weight excluding hydrogens is 216 g/mol. The first-order chi connectivity index (χ1) is 8.02. The smallest absolute Gasteiger partial charge is 0.203 e. The predicted octanol–water partition coefficient (Wildman–Crippen LogP) is 1.20. The quantitative estimate of drug-likeness (QED) is 0.777. The molecule has 0 spiro atoms. The number of imidazole rings is 1. The van der Waals surface area contributed by atoms with Crippen molar-refractivity contribution in [2.75, 3.05) is 39.7 Å². The van der Waals surface area contributed by atoms with Crippen molar-refractivity contribution in [3.63, 3.8) is 0 Å². The molecule has 1 aromatic rings. The van der Waals surface area contributed by atoms with Crippen molar-refractivity contribution in [1.82, 2.24) is 14.5 Å². The van der Waals surface area contributed by atoms with E-state index in [0.29, 0.717) is 6.61 Å². The van der Waals surface area contributed by atoms with E-state index in [-0.39, 0.29) is 6.04 Å². The highest BCUT2D eigenvalue weighted by Crippen LogP contribution is 2.09. The topological polar surface area (TPSA) is 42.3 Å². The van der Waals surface area contributed by atoms with E-state index >= 15 is 0 Å². The van der Waals surface area contributed by atoms with E-state index in [2.05, 4.69) is 47.0 Å². The lowest BCUT2D eigenvalue weighted by Gasteiger charge is -2.16. The van der Waals surface area contributed by atoms with Gasteiger partial charge in [-0.2, -0.15) is 0 Å². The van der Waals surface area contributed by atoms with Crippen LogP contribution in [-0.2, 0) is 11.3 Å². The molecule has 0 radical (unpaired) electrons. The highest BCUT2D eigenvalue weighted by molar-refractivity contribution is 5.30. The zero-order valence-corrected chi connectivity index (χ0v) is 11.5. The van der Waals surface area contributed by atoms with E-state index in [1.165, 1.54) is 0 Å². The predicted molar refractivity (Wildman–Crippen MR) is 70.5 cm³/mol. The van der Waals surface area contributed by atoms with Gasteiger partial charge in [0.2, 0.25) is 5.95 Å². The maximum atomic E-state index is 5.11. The molecule has 0 bridgehead atoms. The van der Waals surface area contributed by atoms with Gasteiger partial charge in [-0.25, -0.2) is 4.98 Å². The highest BCUT2D eigenvalue weighted by atomic mass is 16.5. The van der Waals surface area contributed by atoms with Crippen molar-refractivity contribution in [1.29, 1.82) is 0 Å². The molecule has 98 valence electrons. The van der Waals surface area contributed by atoms with Crippen LogP contribution in [0.5, 0.6) is 0 Å². The van der Waals surface area contributed by atoms with Crippen molar-refractivity contribution in [3.05, 3.63) is 11.9 Å². The number of aryl methyl sites for hydroxylation is 1. The van der Waals surface area contributed by atoms with Crippen LogP contribution in [-0.4, -0.2) is 54.8 Å². The number of anilines is 1. The summed E-state index contributed by atoms with van der Waals surface area (Å²) in [5, 5.41) is 3.36. The van der Waals surface area contributed by atoms with Gasteiger partial charge in [0.1, 0.15) is 0 Å². The Morgan fingerprint density at radius 2 is 2.24 bits per heavy atom. The lowest BCUT2D eigenvalue weighted by molar-refractivity contribution is 0.190. The molecule has 0 saturated carbocycles. The van der Waals surface area contributed by atoms with Crippen molar-refractivity contribution in [2.45, 2.75) is 26.4 Å². The van der Waals surface area contributed by atoms with Gasteiger partial charge in [-0.05, 0) is 27.9 Å². The Morgan fingerprint density at radius 1 is 1.53 bits per heavy atom. The van der Waals surface area contributed by atoms with Crippen molar-refractivity contribution < 1.29 is 4.74 Å². The molecule has 1 atom stereocenters. The SMILES string of the molecule is COCC(C)Nc1nc(C)cn1CCN(C)C. The van der Waals surface area contributed by atoms with Crippen LogP contribution in [0.2, 0.25) is 0 Å². The van der Waals surface area contributed by atoms with Gasteiger partial charge in [-0.3, -0.25) is 0 Å². The van der Waals surface area contributed by atoms with E-state index in [1.54, 1.807) is 7.11 Å². The number of methoxy groups -OCH3 is 1. The zero-order valence-electron chi connectivity index (χ0n) is 11.5. The summed E-state index contributed by atoms with van der Waals surface area (Å²) in [6, 6.07) is 0.264. The Balaban J connectivity index is 2.63. The number of nitrogens with one attached hydrogen (secondary N) is 1. The molecule has 0 saturated heterocycles. The maximum absolute atomic E-state index is 5.11. The first kappa shape index (κ1) is 14.0. The third-order valence-electron chi connectivity index (χ3n) is 2.48. The molecule has 0 aromatic carbocycles. The van der Waals surface area contributed by atoms with Crippen LogP contribution in [0.25, 0.3) is 0 Å². The number of rotatable bonds is 7. The number of hydrogen-bond donors (Lipinski definition) is 1. The first-order valence-corrected chi connectivity index (χ1v) is 5.97. The van der Waals surface area contributed by atoms with Crippen molar-refractivity contribution >= 4 is 5.95 Å². The van der Waals surface area contributed by atoms with E-state index in [4.69, 9.17) is 4.74 Å². The van der Waals surface area contributed by atoms with Gasteiger partial charge >= 0.3 is 0 Å². The zero-order chi connectivity index (χ0) is 12.8. The minimum Gasteiger partial charge on any atom is -0.383 e. The van der Waals surface area contributed by atoms with Crippen molar-refractivity contribution in [2.24, 2.45) is 0 Å². The molecule has 0 aliphatic rings. The number of ether oxygens (including phenoxy) is 1. The summed E-state index contributed by atoms with van der Waals surface area (Å²) in [6.07, 6.45) is 2.07. The largest absolute Gasteiger partial charge is 0.383 e. The maximum Gasteiger partial charge on any atom is 0.203 e. The average Bonchev–Trinajstić information content (AvgIpc) is 2.56. The Kier molecular flexibility index (Phi) is 5.44. The summed E-state index contributed by atoms with van der Waals surface area (Å²) < 4.78 is 7.27. The fraction of sp³-hybridized carbons (Fsp3) is 0.750. The van der Waals surface area contributed by atoms with Crippen LogP contribution < -0.4 is 5.32 Å². The number of nitrogens with zero attached hydrogens (tertiary/aromatic N) is 3. The minimum atomic E-state index is 0.264. The number of hydrogen-bond acceptors (Lipinski definition) is 4. The van der Waals surface area contributed by atoms with Crippen LogP contribution >= 0.6 is 0 Å². The van der Waals surface area contributed by atoms with Crippen LogP contribution in [0.15, 0.2) is 6.20 Å². The lowest BCUT2D eigenvalue weighted by Crippen LogP contribution is -2.24. The molecule has 1 N–H and O–H groups in total. The summed E-state index contributed by atoms with van der Waals surface area (Å²) in [5.41, 5.74) is 1.04. The Labute approximate surface area is 104 Å². The van der Waals surface area contributed by atoms with Crippen LogP contribution in [0.4, 0.5) is 5.95 Å². The molecule has 1 aromatic heterocycles. The molecule has 5 heteroatoms. The third-order valence-corrected chi connectivity index (χ3v) is 2.48. The average molecular weight is 240 g/mol. The summed E-state index contributed by atoms with van der Waals surface area (Å²) in [5.74, 6) is 0.925. The first-order valence-electron chi connectivity index (χ1n) is 5.97. The van der Waals surface area contributed by atoms with Gasteiger partial charge in [-0.1, -0.05) is 0 Å². The van der Waals surface area contributed by atoms with Crippen molar-refractivity contribution in [3.8, 4) is 0 Å². The molecule has 5 nitrogen and oxygen atoms in total. The standard InChI is InChI=1S/C12H24N4O/c1-10-8-16(7-6-15(3)4)12(13-10)14-11(2)9-17-5/h8,11H,6-7,9H2,1-5H3,(H,13,14). The Hall–Kier alpha value is -1.07. The molecule has 0 fully saturated rings. The Bertz CT molecular complexity index is 335. The molecule has 1 rings (SSSR count). The van der Waals surface area contributed by atoms with E-state index in [9.17, 15) is 0 Å². The third kappa shape index (κ3) is 4.75. The minimum absolute atomic E-state index is 0.264. The number of aromatic nitrogens is 2. The van der Waals surface area contributed by atoms with Crippen LogP contribution in [0.1, 0.15) is 12.6 Å². The normalized spacial score (nSPS) is 13.1. The van der Waals surface area contributed by atoms with E-state index < -0.39 is 0 Å². The summed E-state index contributed by atoms with van der Waals surface area (Å²) >= 11 is 0. The van der Waals surface area contributed by atoms with Crippen LogP contribution in [0, 0.1) is 6.92 Å². The molecule has 1 unspecified atom stereocenters. The van der Waals surface area contributed by atoms with Gasteiger partial charge in [0.05, 0.1) is 12.3 Å². The highest BCUT2D eigenvalue weighted by Gasteiger charge is 2.08. The number of likely N-dealkylation sites (N-methyl/N-ethyl adjacent to an activating group) is 1. The second kappa shape index (κ2) is 6.61. The summed E-state index contributed by atoms with van der Waals surface area (Å²) in [6.45, 7) is 6.72. The molecule has 1 heterocycles. The fourth-order valence-electron chi connectivity index (χ4n) is 1.65. The van der Waals surface area contributed by atoms with Gasteiger partial charge < -0.3 is 19.5 Å². The molecule has 17 heavy (non-hydrogen) atoms. The summed E-state index contributed by atoms with van der Waals surface area (Å²) in [7, 11) is 5.86. The van der Waals surface area contributed by atoms with Gasteiger partial charge in [0, 0.05) is 32.4 Å². The van der Waals surface area contributed by atoms with E-state index in [1.807, 2.05) is 6.92 Å². The second-order valence-corrected chi connectivity index (χ2v) is 4.70. The van der Waals surface area contributed by atoms with Crippen LogP contribution in [0.3, 0.4) is 0 Å². The molecule has 0 aliphatic heterocycles.